The molecule has 1 aliphatic rings. The van der Waals surface area contributed by atoms with Gasteiger partial charge in [-0.25, -0.2) is 4.68 Å². The van der Waals surface area contributed by atoms with E-state index in [4.69, 9.17) is 11.6 Å². The predicted molar refractivity (Wildman–Crippen MR) is 118 cm³/mol. The van der Waals surface area contributed by atoms with Gasteiger partial charge in [-0.05, 0) is 43.3 Å². The highest BCUT2D eigenvalue weighted by Crippen LogP contribution is 2.40. The minimum Gasteiger partial charge on any atom is -0.303 e. The summed E-state index contributed by atoms with van der Waals surface area (Å²) in [6.07, 6.45) is 3.25. The third-order valence-electron chi connectivity index (χ3n) is 5.03. The van der Waals surface area contributed by atoms with Crippen molar-refractivity contribution in [1.82, 2.24) is 24.5 Å². The molecule has 0 unspecified atom stereocenters. The Kier molecular flexibility index (Phi) is 5.20. The molecule has 0 bridgehead atoms. The summed E-state index contributed by atoms with van der Waals surface area (Å²) in [6, 6.07) is 14.8. The first-order valence-corrected chi connectivity index (χ1v) is 11.8. The van der Waals surface area contributed by atoms with Gasteiger partial charge >= 0.3 is 0 Å². The van der Waals surface area contributed by atoms with Crippen molar-refractivity contribution in [1.29, 1.82) is 0 Å². The largest absolute Gasteiger partial charge is 0.303 e. The molecule has 0 atom stereocenters. The topological polar surface area (TPSA) is 48.5 Å². The maximum atomic E-state index is 6.69. The number of nitrogens with zero attached hydrogens (tertiary/aromatic N) is 5. The Labute approximate surface area is 182 Å². The summed E-state index contributed by atoms with van der Waals surface area (Å²) in [4.78, 5) is 1.32. The number of hydrogen-bond donors (Lipinski definition) is 0. The van der Waals surface area contributed by atoms with Gasteiger partial charge in [-0.15, -0.1) is 21.5 Å². The molecule has 0 radical (unpaired) electrons. The van der Waals surface area contributed by atoms with E-state index < -0.39 is 0 Å². The number of thiophene rings is 1. The molecule has 3 heterocycles. The molecule has 0 saturated heterocycles. The lowest BCUT2D eigenvalue weighted by Crippen LogP contribution is -2.03. The van der Waals surface area contributed by atoms with Crippen molar-refractivity contribution in [3.8, 4) is 5.69 Å². The van der Waals surface area contributed by atoms with E-state index in [0.29, 0.717) is 11.2 Å². The first-order chi connectivity index (χ1) is 14.2. The van der Waals surface area contributed by atoms with Gasteiger partial charge in [0.1, 0.15) is 11.0 Å². The van der Waals surface area contributed by atoms with E-state index in [0.717, 1.165) is 40.1 Å². The fourth-order valence-electron chi connectivity index (χ4n) is 3.37. The quantitative estimate of drug-likeness (QED) is 0.345. The second kappa shape index (κ2) is 7.97. The summed E-state index contributed by atoms with van der Waals surface area (Å²) in [7, 11) is 0. The Morgan fingerprint density at radius 3 is 2.69 bits per heavy atom. The van der Waals surface area contributed by atoms with Crippen molar-refractivity contribution in [3.05, 3.63) is 75.0 Å². The van der Waals surface area contributed by atoms with Crippen LogP contribution >= 0.6 is 34.7 Å². The fraction of sp³-hybridized carbons (Fsp3) is 0.286. The Morgan fingerprint density at radius 1 is 1.14 bits per heavy atom. The molecule has 1 fully saturated rings. The third kappa shape index (κ3) is 3.86. The van der Waals surface area contributed by atoms with Gasteiger partial charge in [0.05, 0.1) is 11.4 Å². The van der Waals surface area contributed by atoms with Crippen LogP contribution in [0.4, 0.5) is 0 Å². The molecule has 1 saturated carbocycles. The van der Waals surface area contributed by atoms with E-state index >= 15 is 0 Å². The SMILES string of the molecule is Cc1nn(-c2ccccc2)c(Cl)c1CSc1nnc(Cc2cccs2)n1C1CC1. The van der Waals surface area contributed by atoms with Crippen LogP contribution in [-0.2, 0) is 12.2 Å². The Hall–Kier alpha value is -2.09. The number of para-hydroxylation sites is 1. The molecule has 3 aromatic heterocycles. The fourth-order valence-corrected chi connectivity index (χ4v) is 5.60. The lowest BCUT2D eigenvalue weighted by Gasteiger charge is -2.08. The summed E-state index contributed by atoms with van der Waals surface area (Å²) in [5.41, 5.74) is 2.96. The summed E-state index contributed by atoms with van der Waals surface area (Å²) >= 11 is 10.2. The summed E-state index contributed by atoms with van der Waals surface area (Å²) in [5.74, 6) is 1.78. The zero-order valence-corrected chi connectivity index (χ0v) is 18.3. The lowest BCUT2D eigenvalue weighted by molar-refractivity contribution is 0.635. The molecular formula is C21H20ClN5S2. The van der Waals surface area contributed by atoms with Gasteiger partial charge < -0.3 is 4.57 Å². The average Bonchev–Trinajstić information content (AvgIpc) is 3.16. The maximum Gasteiger partial charge on any atom is 0.191 e. The van der Waals surface area contributed by atoms with Crippen LogP contribution in [0, 0.1) is 6.92 Å². The molecule has 148 valence electrons. The van der Waals surface area contributed by atoms with E-state index in [1.54, 1.807) is 27.8 Å². The van der Waals surface area contributed by atoms with Gasteiger partial charge in [0.25, 0.3) is 0 Å². The van der Waals surface area contributed by atoms with Gasteiger partial charge in [-0.1, -0.05) is 47.6 Å². The van der Waals surface area contributed by atoms with Crippen LogP contribution in [0.2, 0.25) is 5.15 Å². The van der Waals surface area contributed by atoms with Crippen LogP contribution in [0.1, 0.15) is 40.8 Å². The second-order valence-electron chi connectivity index (χ2n) is 7.15. The standard InChI is InChI=1S/C21H20ClN5S2/c1-14-18(20(22)27(25-14)16-6-3-2-4-7-16)13-29-21-24-23-19(26(21)15-9-10-15)12-17-8-5-11-28-17/h2-8,11,15H,9-10,12-13H2,1H3. The van der Waals surface area contributed by atoms with Gasteiger partial charge in [-0.2, -0.15) is 5.10 Å². The van der Waals surface area contributed by atoms with E-state index in [9.17, 15) is 0 Å². The number of aromatic nitrogens is 5. The highest BCUT2D eigenvalue weighted by Gasteiger charge is 2.30. The van der Waals surface area contributed by atoms with E-state index in [1.165, 1.54) is 17.7 Å². The Bertz CT molecular complexity index is 1110. The molecule has 5 rings (SSSR count). The van der Waals surface area contributed by atoms with E-state index in [-0.39, 0.29) is 0 Å². The number of thioether (sulfide) groups is 1. The van der Waals surface area contributed by atoms with Crippen LogP contribution < -0.4 is 0 Å². The van der Waals surface area contributed by atoms with Crippen LogP contribution in [0.5, 0.6) is 0 Å². The molecule has 0 amide bonds. The van der Waals surface area contributed by atoms with Gasteiger partial charge in [0.2, 0.25) is 0 Å². The van der Waals surface area contributed by atoms with Crippen molar-refractivity contribution in [2.45, 2.75) is 43.1 Å². The van der Waals surface area contributed by atoms with Crippen LogP contribution in [-0.4, -0.2) is 24.5 Å². The Balaban J connectivity index is 1.38. The normalized spacial score (nSPS) is 13.9. The summed E-state index contributed by atoms with van der Waals surface area (Å²) in [6.45, 7) is 2.01. The summed E-state index contributed by atoms with van der Waals surface area (Å²) in [5, 5.41) is 17.4. The van der Waals surface area contributed by atoms with E-state index in [1.807, 2.05) is 37.3 Å². The molecule has 0 spiro atoms. The smallest absolute Gasteiger partial charge is 0.191 e. The van der Waals surface area contributed by atoms with Crippen molar-refractivity contribution >= 4 is 34.7 Å². The number of halogens is 1. The van der Waals surface area contributed by atoms with Gasteiger partial charge in [0.15, 0.2) is 5.16 Å². The minimum absolute atomic E-state index is 0.533. The number of hydrogen-bond acceptors (Lipinski definition) is 5. The molecule has 4 aromatic rings. The van der Waals surface area contributed by atoms with Crippen molar-refractivity contribution in [2.75, 3.05) is 0 Å². The van der Waals surface area contributed by atoms with Gasteiger partial charge in [0, 0.05) is 28.7 Å². The van der Waals surface area contributed by atoms with Crippen molar-refractivity contribution in [2.24, 2.45) is 0 Å². The third-order valence-corrected chi connectivity index (χ3v) is 7.26. The van der Waals surface area contributed by atoms with E-state index in [2.05, 4.69) is 37.4 Å². The molecule has 1 aromatic carbocycles. The number of benzene rings is 1. The van der Waals surface area contributed by atoms with Crippen LogP contribution in [0.15, 0.2) is 53.0 Å². The zero-order chi connectivity index (χ0) is 19.8. The monoisotopic (exact) mass is 441 g/mol. The number of aryl methyl sites for hydroxylation is 1. The van der Waals surface area contributed by atoms with Crippen molar-refractivity contribution in [3.63, 3.8) is 0 Å². The van der Waals surface area contributed by atoms with Crippen molar-refractivity contribution < 1.29 is 0 Å². The minimum atomic E-state index is 0.533. The predicted octanol–water partition coefficient (Wildman–Crippen LogP) is 5.71. The molecule has 1 aliphatic carbocycles. The first-order valence-electron chi connectivity index (χ1n) is 9.59. The molecule has 8 heteroatoms. The van der Waals surface area contributed by atoms with Crippen LogP contribution in [0.3, 0.4) is 0 Å². The second-order valence-corrected chi connectivity index (χ2v) is 9.48. The molecule has 5 nitrogen and oxygen atoms in total. The maximum absolute atomic E-state index is 6.69. The zero-order valence-electron chi connectivity index (χ0n) is 16.0. The van der Waals surface area contributed by atoms with Crippen LogP contribution in [0.25, 0.3) is 5.69 Å². The molecule has 29 heavy (non-hydrogen) atoms. The highest BCUT2D eigenvalue weighted by molar-refractivity contribution is 7.98. The first kappa shape index (κ1) is 18.9. The average molecular weight is 442 g/mol. The lowest BCUT2D eigenvalue weighted by atomic mass is 10.3. The highest BCUT2D eigenvalue weighted by atomic mass is 35.5. The molecular weight excluding hydrogens is 422 g/mol. The number of rotatable bonds is 7. The van der Waals surface area contributed by atoms with Gasteiger partial charge in [-0.3, -0.25) is 0 Å². The molecule has 0 N–H and O–H groups in total. The summed E-state index contributed by atoms with van der Waals surface area (Å²) < 4.78 is 4.13. The molecule has 0 aliphatic heterocycles. The Morgan fingerprint density at radius 2 is 1.97 bits per heavy atom.